The van der Waals surface area contributed by atoms with Crippen molar-refractivity contribution in [2.75, 3.05) is 0 Å². The summed E-state index contributed by atoms with van der Waals surface area (Å²) in [6.45, 7) is 0. The average Bonchev–Trinajstić information content (AvgIpc) is 3.57. The standard InChI is InChI=1S/C40H34FN5O5/c41-35-21-20-26(24-43-35)37(48)44-33(22-27-25-42-32-19-11-10-18-31(27)32)38(49)45-34(39(50)51)23-36(47)46-40(28-12-4-1-5-13-28,29-14-6-2-7-15-29)30-16-8-3-9-17-30/h1-21,24-25,33-34,42H,22-23H2,(H,44,48)(H,45,49)(H,46,47)(H,50,51)/t33-,34?/m0/s1. The van der Waals surface area contributed by atoms with E-state index in [2.05, 4.69) is 25.9 Å². The number of carboxylic acids is 1. The Morgan fingerprint density at radius 2 is 1.29 bits per heavy atom. The van der Waals surface area contributed by atoms with Crippen LogP contribution in [0.3, 0.4) is 0 Å². The maximum absolute atomic E-state index is 14.0. The fraction of sp³-hybridized carbons (Fsp3) is 0.125. The number of H-pyrrole nitrogens is 1. The number of hydrogen-bond acceptors (Lipinski definition) is 5. The fourth-order valence-corrected chi connectivity index (χ4v) is 6.18. The van der Waals surface area contributed by atoms with Crippen LogP contribution in [-0.4, -0.2) is 50.8 Å². The molecule has 2 heterocycles. The summed E-state index contributed by atoms with van der Waals surface area (Å²) in [5, 5.41) is 19.3. The summed E-state index contributed by atoms with van der Waals surface area (Å²) in [6, 6.07) is 34.7. The lowest BCUT2D eigenvalue weighted by atomic mass is 9.77. The first-order chi connectivity index (χ1) is 24.7. The molecular weight excluding hydrogens is 649 g/mol. The molecule has 0 saturated heterocycles. The number of para-hydroxylation sites is 1. The second-order valence-electron chi connectivity index (χ2n) is 12.0. The summed E-state index contributed by atoms with van der Waals surface area (Å²) >= 11 is 0. The topological polar surface area (TPSA) is 153 Å². The molecule has 4 aromatic carbocycles. The maximum Gasteiger partial charge on any atom is 0.326 e. The Kier molecular flexibility index (Phi) is 10.3. The van der Waals surface area contributed by atoms with E-state index in [1.807, 2.05) is 115 Å². The van der Waals surface area contributed by atoms with Crippen LogP contribution in [0.1, 0.15) is 39.0 Å². The number of pyridine rings is 1. The van der Waals surface area contributed by atoms with E-state index in [-0.39, 0.29) is 12.0 Å². The van der Waals surface area contributed by atoms with Gasteiger partial charge in [-0.25, -0.2) is 9.78 Å². The van der Waals surface area contributed by atoms with Gasteiger partial charge in [0.25, 0.3) is 5.91 Å². The van der Waals surface area contributed by atoms with Gasteiger partial charge in [0, 0.05) is 29.7 Å². The summed E-state index contributed by atoms with van der Waals surface area (Å²) in [5.41, 5.74) is 2.51. The largest absolute Gasteiger partial charge is 0.480 e. The van der Waals surface area contributed by atoms with Crippen molar-refractivity contribution in [1.29, 1.82) is 0 Å². The van der Waals surface area contributed by atoms with Crippen LogP contribution in [0, 0.1) is 5.95 Å². The lowest BCUT2D eigenvalue weighted by molar-refractivity contribution is -0.144. The number of aromatic nitrogens is 2. The van der Waals surface area contributed by atoms with Gasteiger partial charge in [-0.05, 0) is 40.5 Å². The highest BCUT2D eigenvalue weighted by Crippen LogP contribution is 2.37. The lowest BCUT2D eigenvalue weighted by Gasteiger charge is -2.37. The van der Waals surface area contributed by atoms with Gasteiger partial charge in [-0.15, -0.1) is 0 Å². The molecule has 51 heavy (non-hydrogen) atoms. The first kappa shape index (κ1) is 34.3. The smallest absolute Gasteiger partial charge is 0.326 e. The monoisotopic (exact) mass is 683 g/mol. The first-order valence-electron chi connectivity index (χ1n) is 16.2. The van der Waals surface area contributed by atoms with Crippen LogP contribution in [-0.2, 0) is 26.3 Å². The van der Waals surface area contributed by atoms with E-state index in [9.17, 15) is 28.7 Å². The Morgan fingerprint density at radius 3 is 1.84 bits per heavy atom. The molecule has 6 aromatic rings. The molecule has 0 aliphatic rings. The van der Waals surface area contributed by atoms with Gasteiger partial charge in [-0.2, -0.15) is 4.39 Å². The third-order valence-corrected chi connectivity index (χ3v) is 8.66. The van der Waals surface area contributed by atoms with Crippen molar-refractivity contribution in [3.63, 3.8) is 0 Å². The van der Waals surface area contributed by atoms with Crippen molar-refractivity contribution < 1.29 is 28.7 Å². The minimum Gasteiger partial charge on any atom is -0.480 e. The zero-order valence-electron chi connectivity index (χ0n) is 27.3. The quantitative estimate of drug-likeness (QED) is 0.0843. The number of aromatic amines is 1. The van der Waals surface area contributed by atoms with E-state index in [0.717, 1.165) is 39.9 Å². The number of carboxylic acid groups (broad SMARTS) is 1. The lowest BCUT2D eigenvalue weighted by Crippen LogP contribution is -2.54. The molecule has 11 heteroatoms. The van der Waals surface area contributed by atoms with Crippen molar-refractivity contribution in [2.45, 2.75) is 30.5 Å². The van der Waals surface area contributed by atoms with E-state index >= 15 is 0 Å². The van der Waals surface area contributed by atoms with E-state index in [1.165, 1.54) is 6.07 Å². The van der Waals surface area contributed by atoms with Crippen LogP contribution >= 0.6 is 0 Å². The molecule has 0 aliphatic carbocycles. The van der Waals surface area contributed by atoms with E-state index in [1.54, 1.807) is 6.20 Å². The fourth-order valence-electron chi connectivity index (χ4n) is 6.18. The Hall–Kier alpha value is -6.62. The first-order valence-corrected chi connectivity index (χ1v) is 16.2. The highest BCUT2D eigenvalue weighted by Gasteiger charge is 2.39. The highest BCUT2D eigenvalue weighted by atomic mass is 19.1. The average molecular weight is 684 g/mol. The molecule has 256 valence electrons. The van der Waals surface area contributed by atoms with Crippen LogP contribution in [0.15, 0.2) is 140 Å². The Morgan fingerprint density at radius 1 is 0.725 bits per heavy atom. The summed E-state index contributed by atoms with van der Waals surface area (Å²) < 4.78 is 13.5. The highest BCUT2D eigenvalue weighted by molar-refractivity contribution is 5.98. The molecular formula is C40H34FN5O5. The Balaban J connectivity index is 1.28. The van der Waals surface area contributed by atoms with Crippen LogP contribution in [0.25, 0.3) is 10.9 Å². The van der Waals surface area contributed by atoms with Gasteiger partial charge in [0.2, 0.25) is 17.8 Å². The minimum absolute atomic E-state index is 0.00126. The van der Waals surface area contributed by atoms with Gasteiger partial charge in [0.15, 0.2) is 0 Å². The number of fused-ring (bicyclic) bond motifs is 1. The molecule has 5 N–H and O–H groups in total. The van der Waals surface area contributed by atoms with Gasteiger partial charge in [0.1, 0.15) is 17.6 Å². The van der Waals surface area contributed by atoms with Crippen molar-refractivity contribution >= 4 is 34.6 Å². The SMILES string of the molecule is O=C(CC(NC(=O)[C@H](Cc1c[nH]c2ccccc12)NC(=O)c1ccc(F)nc1)C(=O)O)NC(c1ccccc1)(c1ccccc1)c1ccccc1. The molecule has 0 fully saturated rings. The normalized spacial score (nSPS) is 12.4. The number of carbonyl (C=O) groups excluding carboxylic acids is 3. The van der Waals surface area contributed by atoms with Crippen LogP contribution in [0.4, 0.5) is 4.39 Å². The van der Waals surface area contributed by atoms with Gasteiger partial charge in [-0.3, -0.25) is 14.4 Å². The zero-order chi connectivity index (χ0) is 35.8. The summed E-state index contributed by atoms with van der Waals surface area (Å²) in [7, 11) is 0. The van der Waals surface area contributed by atoms with E-state index < -0.39 is 53.7 Å². The van der Waals surface area contributed by atoms with Crippen molar-refractivity contribution in [2.24, 2.45) is 0 Å². The molecule has 2 aromatic heterocycles. The summed E-state index contributed by atoms with van der Waals surface area (Å²) in [4.78, 5) is 60.3. The summed E-state index contributed by atoms with van der Waals surface area (Å²) in [5.74, 6) is -4.41. The molecule has 10 nitrogen and oxygen atoms in total. The number of hydrogen-bond donors (Lipinski definition) is 5. The maximum atomic E-state index is 14.0. The number of amides is 3. The molecule has 0 spiro atoms. The van der Waals surface area contributed by atoms with Crippen LogP contribution < -0.4 is 16.0 Å². The number of rotatable bonds is 13. The van der Waals surface area contributed by atoms with Gasteiger partial charge in [0.05, 0.1) is 12.0 Å². The van der Waals surface area contributed by atoms with Crippen LogP contribution in [0.5, 0.6) is 0 Å². The third-order valence-electron chi connectivity index (χ3n) is 8.66. The molecule has 0 saturated carbocycles. The second kappa shape index (κ2) is 15.3. The number of nitrogens with one attached hydrogen (secondary N) is 4. The predicted octanol–water partition coefficient (Wildman–Crippen LogP) is 5.11. The van der Waals surface area contributed by atoms with Crippen LogP contribution in [0.2, 0.25) is 0 Å². The van der Waals surface area contributed by atoms with Gasteiger partial charge in [-0.1, -0.05) is 109 Å². The second-order valence-corrected chi connectivity index (χ2v) is 12.0. The van der Waals surface area contributed by atoms with Crippen molar-refractivity contribution in [3.8, 4) is 0 Å². The summed E-state index contributed by atoms with van der Waals surface area (Å²) in [6.07, 6.45) is 2.10. The Bertz CT molecular complexity index is 2040. The molecule has 0 radical (unpaired) electrons. The number of halogens is 1. The number of benzene rings is 4. The molecule has 2 atom stereocenters. The predicted molar refractivity (Wildman–Crippen MR) is 189 cm³/mol. The van der Waals surface area contributed by atoms with E-state index in [0.29, 0.717) is 5.56 Å². The number of aliphatic carboxylic acids is 1. The number of carbonyl (C=O) groups is 4. The van der Waals surface area contributed by atoms with E-state index in [4.69, 9.17) is 0 Å². The number of nitrogens with zero attached hydrogens (tertiary/aromatic N) is 1. The van der Waals surface area contributed by atoms with Crippen molar-refractivity contribution in [3.05, 3.63) is 174 Å². The van der Waals surface area contributed by atoms with Gasteiger partial charge >= 0.3 is 5.97 Å². The third kappa shape index (κ3) is 7.67. The Labute approximate surface area is 292 Å². The minimum atomic E-state index is -1.66. The molecule has 0 bridgehead atoms. The molecule has 3 amide bonds. The molecule has 1 unspecified atom stereocenters. The zero-order valence-corrected chi connectivity index (χ0v) is 27.3. The van der Waals surface area contributed by atoms with Gasteiger partial charge < -0.3 is 26.0 Å². The van der Waals surface area contributed by atoms with Crippen molar-refractivity contribution in [1.82, 2.24) is 25.9 Å². The molecule has 6 rings (SSSR count). The molecule has 0 aliphatic heterocycles.